The number of rotatable bonds is 5. The zero-order chi connectivity index (χ0) is 16.8. The standard InChI is InChI=1S/C11H17N5O.CH4O3S/c1-7(4-17)3-8(2)16-11-9-10(13-5-12-9)14-6-15-11;1-5(2,3)4/h5-8,17H,3-4H2,1-2H3,(H2,12,13,14,15,16);1H3,(H,2,3,4). The van der Waals surface area contributed by atoms with Gasteiger partial charge in [0.2, 0.25) is 0 Å². The average Bonchev–Trinajstić information content (AvgIpc) is 2.85. The summed E-state index contributed by atoms with van der Waals surface area (Å²) in [6, 6.07) is 0.235. The van der Waals surface area contributed by atoms with Crippen LogP contribution < -0.4 is 5.32 Å². The number of anilines is 1. The van der Waals surface area contributed by atoms with Crippen LogP contribution in [0, 0.1) is 5.92 Å². The van der Waals surface area contributed by atoms with Crippen LogP contribution in [0.4, 0.5) is 5.82 Å². The number of aromatic amines is 1. The first-order valence-corrected chi connectivity index (χ1v) is 8.49. The van der Waals surface area contributed by atoms with Crippen molar-refractivity contribution < 1.29 is 18.1 Å². The second kappa shape index (κ2) is 8.01. The number of H-pyrrole nitrogens is 1. The largest absolute Gasteiger partial charge is 0.396 e. The van der Waals surface area contributed by atoms with Gasteiger partial charge in [-0.3, -0.25) is 4.55 Å². The Labute approximate surface area is 129 Å². The van der Waals surface area contributed by atoms with Crippen molar-refractivity contribution in [2.24, 2.45) is 5.92 Å². The first kappa shape index (κ1) is 18.3. The zero-order valence-corrected chi connectivity index (χ0v) is 13.5. The molecule has 0 amide bonds. The molecule has 0 fully saturated rings. The van der Waals surface area contributed by atoms with Crippen molar-refractivity contribution in [2.75, 3.05) is 18.2 Å². The molecule has 0 aromatic carbocycles. The van der Waals surface area contributed by atoms with Gasteiger partial charge in [-0.1, -0.05) is 6.92 Å². The summed E-state index contributed by atoms with van der Waals surface area (Å²) in [6.45, 7) is 4.29. The molecule has 0 bridgehead atoms. The van der Waals surface area contributed by atoms with Gasteiger partial charge in [0.15, 0.2) is 11.5 Å². The lowest BCUT2D eigenvalue weighted by atomic mass is 10.0. The normalized spacial score (nSPS) is 14.0. The average molecular weight is 331 g/mol. The third kappa shape index (κ3) is 6.78. The third-order valence-corrected chi connectivity index (χ3v) is 2.67. The Morgan fingerprint density at radius 2 is 1.95 bits per heavy atom. The SMILES string of the molecule is CC(CO)CC(C)Nc1ncnc2nc[nH]c12.CS(=O)(=O)O. The molecule has 22 heavy (non-hydrogen) atoms. The molecule has 0 aliphatic heterocycles. The topological polar surface area (TPSA) is 141 Å². The molecular formula is C12H21N5O4S. The molecule has 2 atom stereocenters. The molecule has 4 N–H and O–H groups in total. The fraction of sp³-hybridized carbons (Fsp3) is 0.583. The monoisotopic (exact) mass is 331 g/mol. The highest BCUT2D eigenvalue weighted by molar-refractivity contribution is 7.85. The number of aromatic nitrogens is 4. The molecule has 2 unspecified atom stereocenters. The minimum atomic E-state index is -3.67. The summed E-state index contributed by atoms with van der Waals surface area (Å²) < 4.78 is 25.9. The number of hydrogen-bond donors (Lipinski definition) is 4. The van der Waals surface area contributed by atoms with Gasteiger partial charge in [-0.2, -0.15) is 8.42 Å². The van der Waals surface area contributed by atoms with Gasteiger partial charge in [0.05, 0.1) is 12.6 Å². The third-order valence-electron chi connectivity index (χ3n) is 2.67. The van der Waals surface area contributed by atoms with Crippen LogP contribution >= 0.6 is 0 Å². The van der Waals surface area contributed by atoms with Crippen molar-refractivity contribution in [1.82, 2.24) is 19.9 Å². The number of nitrogens with one attached hydrogen (secondary N) is 2. The summed E-state index contributed by atoms with van der Waals surface area (Å²) >= 11 is 0. The van der Waals surface area contributed by atoms with Crippen LogP contribution in [0.3, 0.4) is 0 Å². The number of fused-ring (bicyclic) bond motifs is 1. The van der Waals surface area contributed by atoms with Crippen LogP contribution in [0.2, 0.25) is 0 Å². The van der Waals surface area contributed by atoms with E-state index < -0.39 is 10.1 Å². The maximum atomic E-state index is 9.19. The number of imidazole rings is 1. The lowest BCUT2D eigenvalue weighted by Gasteiger charge is -2.17. The first-order chi connectivity index (χ1) is 10.2. The Balaban J connectivity index is 0.000000422. The number of hydrogen-bond acceptors (Lipinski definition) is 7. The van der Waals surface area contributed by atoms with E-state index in [9.17, 15) is 8.42 Å². The van der Waals surface area contributed by atoms with Crippen LogP contribution in [0.15, 0.2) is 12.7 Å². The summed E-state index contributed by atoms with van der Waals surface area (Å²) in [6.07, 6.45) is 4.70. The minimum absolute atomic E-state index is 0.204. The van der Waals surface area contributed by atoms with Gasteiger partial charge in [0.1, 0.15) is 11.8 Å². The molecule has 2 aromatic rings. The second-order valence-corrected chi connectivity index (χ2v) is 6.59. The smallest absolute Gasteiger partial charge is 0.261 e. The molecule has 2 aromatic heterocycles. The lowest BCUT2D eigenvalue weighted by Crippen LogP contribution is -2.20. The van der Waals surface area contributed by atoms with Crippen molar-refractivity contribution in [2.45, 2.75) is 26.3 Å². The van der Waals surface area contributed by atoms with E-state index in [4.69, 9.17) is 9.66 Å². The van der Waals surface area contributed by atoms with Gasteiger partial charge >= 0.3 is 0 Å². The highest BCUT2D eigenvalue weighted by atomic mass is 32.2. The number of aliphatic hydroxyl groups excluding tert-OH is 1. The van der Waals surface area contributed by atoms with Gasteiger partial charge in [-0.05, 0) is 19.3 Å². The summed E-state index contributed by atoms with van der Waals surface area (Å²) in [5, 5.41) is 12.3. The Hall–Kier alpha value is -1.78. The van der Waals surface area contributed by atoms with Gasteiger partial charge in [-0.15, -0.1) is 0 Å². The van der Waals surface area contributed by atoms with Crippen molar-refractivity contribution in [1.29, 1.82) is 0 Å². The molecule has 0 saturated carbocycles. The van der Waals surface area contributed by atoms with Crippen LogP contribution in [0.25, 0.3) is 11.2 Å². The van der Waals surface area contributed by atoms with Gasteiger partial charge in [-0.25, -0.2) is 15.0 Å². The summed E-state index contributed by atoms with van der Waals surface area (Å²) in [5.74, 6) is 1.03. The predicted molar refractivity (Wildman–Crippen MR) is 83.1 cm³/mol. The van der Waals surface area contributed by atoms with Gasteiger partial charge < -0.3 is 15.4 Å². The molecular weight excluding hydrogens is 310 g/mol. The summed E-state index contributed by atoms with van der Waals surface area (Å²) in [5.41, 5.74) is 1.47. The van der Waals surface area contributed by atoms with E-state index >= 15 is 0 Å². The Bertz CT molecular complexity index is 680. The van der Waals surface area contributed by atoms with Crippen LogP contribution in [0.5, 0.6) is 0 Å². The van der Waals surface area contributed by atoms with Crippen molar-refractivity contribution >= 4 is 27.1 Å². The molecule has 0 aliphatic rings. The predicted octanol–water partition coefficient (Wildman–Crippen LogP) is 0.676. The van der Waals surface area contributed by atoms with Gasteiger partial charge in [0, 0.05) is 12.6 Å². The fourth-order valence-electron chi connectivity index (χ4n) is 1.84. The van der Waals surface area contributed by atoms with E-state index in [1.54, 1.807) is 6.33 Å². The van der Waals surface area contributed by atoms with Crippen molar-refractivity contribution in [3.8, 4) is 0 Å². The van der Waals surface area contributed by atoms with E-state index in [0.717, 1.165) is 17.8 Å². The highest BCUT2D eigenvalue weighted by Gasteiger charge is 2.11. The van der Waals surface area contributed by atoms with Crippen LogP contribution in [-0.2, 0) is 10.1 Å². The van der Waals surface area contributed by atoms with E-state index in [1.165, 1.54) is 6.33 Å². The maximum absolute atomic E-state index is 9.19. The molecule has 124 valence electrons. The highest BCUT2D eigenvalue weighted by Crippen LogP contribution is 2.17. The van der Waals surface area contributed by atoms with E-state index in [0.29, 0.717) is 11.9 Å². The quantitative estimate of drug-likeness (QED) is 0.586. The molecule has 0 spiro atoms. The van der Waals surface area contributed by atoms with E-state index in [2.05, 4.69) is 32.2 Å². The van der Waals surface area contributed by atoms with Crippen molar-refractivity contribution in [3.63, 3.8) is 0 Å². The molecule has 0 aliphatic carbocycles. The molecule has 2 heterocycles. The second-order valence-electron chi connectivity index (χ2n) is 5.13. The van der Waals surface area contributed by atoms with E-state index in [1.807, 2.05) is 6.92 Å². The van der Waals surface area contributed by atoms with Crippen molar-refractivity contribution in [3.05, 3.63) is 12.7 Å². The minimum Gasteiger partial charge on any atom is -0.396 e. The molecule has 0 saturated heterocycles. The Morgan fingerprint density at radius 1 is 1.32 bits per heavy atom. The van der Waals surface area contributed by atoms with Crippen LogP contribution in [0.1, 0.15) is 20.3 Å². The number of aliphatic hydroxyl groups is 1. The lowest BCUT2D eigenvalue weighted by molar-refractivity contribution is 0.226. The maximum Gasteiger partial charge on any atom is 0.261 e. The Kier molecular flexibility index (Phi) is 6.65. The Morgan fingerprint density at radius 3 is 2.55 bits per heavy atom. The fourth-order valence-corrected chi connectivity index (χ4v) is 1.84. The summed E-state index contributed by atoms with van der Waals surface area (Å²) in [7, 11) is -3.67. The number of nitrogens with zero attached hydrogens (tertiary/aromatic N) is 3. The first-order valence-electron chi connectivity index (χ1n) is 6.64. The molecule has 9 nitrogen and oxygen atoms in total. The molecule has 2 rings (SSSR count). The molecule has 10 heteroatoms. The van der Waals surface area contributed by atoms with E-state index in [-0.39, 0.29) is 18.6 Å². The molecule has 0 radical (unpaired) electrons. The zero-order valence-electron chi connectivity index (χ0n) is 12.7. The van der Waals surface area contributed by atoms with Crippen LogP contribution in [-0.4, -0.2) is 56.9 Å². The summed E-state index contributed by atoms with van der Waals surface area (Å²) in [4.78, 5) is 15.3. The van der Waals surface area contributed by atoms with Gasteiger partial charge in [0.25, 0.3) is 10.1 Å².